The fourth-order valence-electron chi connectivity index (χ4n) is 1.09. The predicted molar refractivity (Wildman–Crippen MR) is 53.0 cm³/mol. The minimum atomic E-state index is -4.05. The summed E-state index contributed by atoms with van der Waals surface area (Å²) in [5, 5.41) is 0. The van der Waals surface area contributed by atoms with Gasteiger partial charge in [0.15, 0.2) is 0 Å². The largest absolute Gasteiger partial charge is 0.412 e. The van der Waals surface area contributed by atoms with Crippen LogP contribution in [0.25, 0.3) is 0 Å². The molecule has 14 heavy (non-hydrogen) atoms. The molecule has 0 heterocycles. The van der Waals surface area contributed by atoms with Crippen LogP contribution < -0.4 is 0 Å². The first-order valence-electron chi connectivity index (χ1n) is 3.46. The van der Waals surface area contributed by atoms with E-state index in [-0.39, 0.29) is 15.8 Å². The first-order valence-corrected chi connectivity index (χ1v) is 4.90. The molecule has 0 aliphatic rings. The van der Waals surface area contributed by atoms with Crippen molar-refractivity contribution in [2.24, 2.45) is 0 Å². The first kappa shape index (κ1) is 15.5. The van der Waals surface area contributed by atoms with Gasteiger partial charge in [0.25, 0.3) is 10.1 Å². The number of rotatable bonds is 1. The SMILES string of the molecule is Cc1ccc(S(=O)(=O)O)c(C)c1.O.O. The van der Waals surface area contributed by atoms with Crippen molar-refractivity contribution < 1.29 is 23.9 Å². The zero-order valence-electron chi connectivity index (χ0n) is 7.90. The van der Waals surface area contributed by atoms with Crippen molar-refractivity contribution in [3.8, 4) is 0 Å². The molecule has 0 amide bonds. The summed E-state index contributed by atoms with van der Waals surface area (Å²) in [6.45, 7) is 3.51. The third kappa shape index (κ3) is 3.43. The standard InChI is InChI=1S/C8H10O3S.2H2O/c1-6-3-4-8(7(2)5-6)12(9,10)11;;/h3-5H,1-2H3,(H,9,10,11);2*1H2. The number of hydrogen-bond acceptors (Lipinski definition) is 2. The molecule has 0 aliphatic carbocycles. The van der Waals surface area contributed by atoms with E-state index >= 15 is 0 Å². The van der Waals surface area contributed by atoms with Gasteiger partial charge in [0.1, 0.15) is 0 Å². The second-order valence-corrected chi connectivity index (χ2v) is 4.13. The summed E-state index contributed by atoms with van der Waals surface area (Å²) >= 11 is 0. The molecular formula is C8H14O5S. The lowest BCUT2D eigenvalue weighted by molar-refractivity contribution is 0.482. The molecule has 0 radical (unpaired) electrons. The lowest BCUT2D eigenvalue weighted by Crippen LogP contribution is -2.00. The van der Waals surface area contributed by atoms with Crippen LogP contribution in [0.3, 0.4) is 0 Å². The molecule has 82 valence electrons. The van der Waals surface area contributed by atoms with E-state index < -0.39 is 10.1 Å². The quantitative estimate of drug-likeness (QED) is 0.668. The van der Waals surface area contributed by atoms with E-state index in [0.717, 1.165) is 5.56 Å². The molecule has 5 nitrogen and oxygen atoms in total. The van der Waals surface area contributed by atoms with Crippen LogP contribution in [0.2, 0.25) is 0 Å². The average Bonchev–Trinajstić information content (AvgIpc) is 1.83. The molecule has 0 saturated carbocycles. The summed E-state index contributed by atoms with van der Waals surface area (Å²) in [6.07, 6.45) is 0. The Balaban J connectivity index is 0. The highest BCUT2D eigenvalue weighted by molar-refractivity contribution is 7.85. The Hall–Kier alpha value is -0.950. The lowest BCUT2D eigenvalue weighted by Gasteiger charge is -2.02. The van der Waals surface area contributed by atoms with Crippen molar-refractivity contribution in [3.63, 3.8) is 0 Å². The molecule has 1 rings (SSSR count). The third-order valence-corrected chi connectivity index (χ3v) is 2.62. The Kier molecular flexibility index (Phi) is 5.61. The Morgan fingerprint density at radius 1 is 1.14 bits per heavy atom. The number of aryl methyl sites for hydroxylation is 2. The normalized spacial score (nSPS) is 9.93. The molecule has 0 unspecified atom stereocenters. The van der Waals surface area contributed by atoms with Gasteiger partial charge in [0.05, 0.1) is 4.90 Å². The van der Waals surface area contributed by atoms with Crippen molar-refractivity contribution >= 4 is 10.1 Å². The van der Waals surface area contributed by atoms with Crippen LogP contribution in [-0.2, 0) is 10.1 Å². The van der Waals surface area contributed by atoms with Gasteiger partial charge in [-0.3, -0.25) is 4.55 Å². The van der Waals surface area contributed by atoms with Gasteiger partial charge < -0.3 is 11.0 Å². The maximum atomic E-state index is 10.7. The van der Waals surface area contributed by atoms with Gasteiger partial charge in [-0.15, -0.1) is 0 Å². The van der Waals surface area contributed by atoms with Crippen molar-refractivity contribution in [1.29, 1.82) is 0 Å². The minimum absolute atomic E-state index is 0. The van der Waals surface area contributed by atoms with Crippen LogP contribution in [0.15, 0.2) is 23.1 Å². The molecule has 5 N–H and O–H groups in total. The minimum Gasteiger partial charge on any atom is -0.412 e. The summed E-state index contributed by atoms with van der Waals surface area (Å²) in [5.41, 5.74) is 1.54. The summed E-state index contributed by atoms with van der Waals surface area (Å²) in [6, 6.07) is 4.76. The second kappa shape index (κ2) is 5.06. The predicted octanol–water partition coefficient (Wildman–Crippen LogP) is -0.0993. The van der Waals surface area contributed by atoms with Crippen LogP contribution in [0.4, 0.5) is 0 Å². The Labute approximate surface area is 82.8 Å². The highest BCUT2D eigenvalue weighted by atomic mass is 32.2. The highest BCUT2D eigenvalue weighted by Gasteiger charge is 2.11. The van der Waals surface area contributed by atoms with Gasteiger partial charge in [-0.05, 0) is 25.5 Å². The average molecular weight is 222 g/mol. The van der Waals surface area contributed by atoms with Crippen molar-refractivity contribution in [1.82, 2.24) is 0 Å². The van der Waals surface area contributed by atoms with Crippen molar-refractivity contribution in [3.05, 3.63) is 29.3 Å². The fourth-order valence-corrected chi connectivity index (χ4v) is 1.79. The zero-order valence-corrected chi connectivity index (χ0v) is 8.72. The fraction of sp³-hybridized carbons (Fsp3) is 0.250. The first-order chi connectivity index (χ1) is 5.41. The number of hydrogen-bond donors (Lipinski definition) is 1. The van der Waals surface area contributed by atoms with Gasteiger partial charge in [-0.25, -0.2) is 0 Å². The topological polar surface area (TPSA) is 117 Å². The van der Waals surface area contributed by atoms with Crippen LogP contribution in [0, 0.1) is 13.8 Å². The maximum absolute atomic E-state index is 10.7. The summed E-state index contributed by atoms with van der Waals surface area (Å²) in [7, 11) is -4.05. The lowest BCUT2D eigenvalue weighted by atomic mass is 10.2. The Morgan fingerprint density at radius 3 is 2.00 bits per heavy atom. The van der Waals surface area contributed by atoms with Crippen LogP contribution >= 0.6 is 0 Å². The summed E-state index contributed by atoms with van der Waals surface area (Å²) in [4.78, 5) is -0.0203. The summed E-state index contributed by atoms with van der Waals surface area (Å²) < 4.78 is 30.2. The van der Waals surface area contributed by atoms with E-state index in [1.165, 1.54) is 6.07 Å². The zero-order chi connectivity index (χ0) is 9.35. The van der Waals surface area contributed by atoms with E-state index in [2.05, 4.69) is 0 Å². The molecule has 6 heteroatoms. The van der Waals surface area contributed by atoms with Gasteiger partial charge in [-0.2, -0.15) is 8.42 Å². The van der Waals surface area contributed by atoms with E-state index in [4.69, 9.17) is 4.55 Å². The monoisotopic (exact) mass is 222 g/mol. The van der Waals surface area contributed by atoms with E-state index in [9.17, 15) is 8.42 Å². The van der Waals surface area contributed by atoms with Crippen LogP contribution in [0.1, 0.15) is 11.1 Å². The molecule has 0 aliphatic heterocycles. The Morgan fingerprint density at radius 2 is 1.64 bits per heavy atom. The molecule has 0 saturated heterocycles. The molecular weight excluding hydrogens is 208 g/mol. The van der Waals surface area contributed by atoms with Gasteiger partial charge in [0.2, 0.25) is 0 Å². The number of benzene rings is 1. The smallest absolute Gasteiger partial charge is 0.294 e. The molecule has 0 atom stereocenters. The van der Waals surface area contributed by atoms with Gasteiger partial charge in [-0.1, -0.05) is 17.7 Å². The molecule has 0 fully saturated rings. The van der Waals surface area contributed by atoms with Crippen LogP contribution in [-0.4, -0.2) is 23.9 Å². The second-order valence-electron chi connectivity index (χ2n) is 2.74. The molecule has 0 aromatic heterocycles. The van der Waals surface area contributed by atoms with E-state index in [1.54, 1.807) is 19.1 Å². The molecule has 0 bridgehead atoms. The molecule has 0 spiro atoms. The van der Waals surface area contributed by atoms with Gasteiger partial charge in [0, 0.05) is 0 Å². The van der Waals surface area contributed by atoms with E-state index in [0.29, 0.717) is 5.56 Å². The van der Waals surface area contributed by atoms with Crippen molar-refractivity contribution in [2.45, 2.75) is 18.7 Å². The highest BCUT2D eigenvalue weighted by Crippen LogP contribution is 2.15. The third-order valence-electron chi connectivity index (χ3n) is 1.61. The van der Waals surface area contributed by atoms with Gasteiger partial charge >= 0.3 is 0 Å². The molecule has 1 aromatic rings. The molecule has 1 aromatic carbocycles. The Bertz CT molecular complexity index is 396. The maximum Gasteiger partial charge on any atom is 0.294 e. The van der Waals surface area contributed by atoms with Crippen LogP contribution in [0.5, 0.6) is 0 Å². The summed E-state index contributed by atoms with van der Waals surface area (Å²) in [5.74, 6) is 0. The van der Waals surface area contributed by atoms with Crippen molar-refractivity contribution in [2.75, 3.05) is 0 Å². The van der Waals surface area contributed by atoms with E-state index in [1.807, 2.05) is 6.92 Å².